The van der Waals surface area contributed by atoms with Crippen molar-refractivity contribution in [1.29, 1.82) is 0 Å². The monoisotopic (exact) mass is 408 g/mol. The normalized spacial score (nSPS) is 16.8. The van der Waals surface area contributed by atoms with Gasteiger partial charge in [-0.3, -0.25) is 14.2 Å². The topological polar surface area (TPSA) is 61.2 Å². The van der Waals surface area contributed by atoms with Crippen LogP contribution in [0.15, 0.2) is 39.1 Å². The number of carbonyl (C=O) groups excluding carboxylic acids is 1. The highest BCUT2D eigenvalue weighted by Gasteiger charge is 2.29. The summed E-state index contributed by atoms with van der Waals surface area (Å²) in [5.41, 5.74) is 1.11. The Morgan fingerprint density at radius 1 is 1.41 bits per heavy atom. The van der Waals surface area contributed by atoms with Gasteiger partial charge in [0.25, 0.3) is 5.56 Å². The van der Waals surface area contributed by atoms with Gasteiger partial charge < -0.3 is 4.74 Å². The van der Waals surface area contributed by atoms with E-state index in [0.717, 1.165) is 5.69 Å². The Bertz CT molecular complexity index is 899. The Hall–Kier alpha value is -1.80. The first-order valence-electron chi connectivity index (χ1n) is 8.86. The van der Waals surface area contributed by atoms with Gasteiger partial charge in [0, 0.05) is 11.7 Å². The summed E-state index contributed by atoms with van der Waals surface area (Å²) in [6.45, 7) is 6.00. The Balaban J connectivity index is 2.10. The molecule has 0 N–H and O–H groups in total. The largest absolute Gasteiger partial charge is 0.465 e. The lowest BCUT2D eigenvalue weighted by Gasteiger charge is -2.17. The zero-order valence-corrected chi connectivity index (χ0v) is 17.0. The van der Waals surface area contributed by atoms with Crippen LogP contribution < -0.4 is 5.56 Å². The van der Waals surface area contributed by atoms with E-state index in [1.54, 1.807) is 19.1 Å². The molecule has 2 atom stereocenters. The van der Waals surface area contributed by atoms with Crippen molar-refractivity contribution in [3.05, 3.63) is 46.1 Å². The fraction of sp³-hybridized carbons (Fsp3) is 0.421. The van der Waals surface area contributed by atoms with E-state index in [0.29, 0.717) is 35.2 Å². The molecule has 144 valence electrons. The lowest BCUT2D eigenvalue weighted by molar-refractivity contribution is -0.142. The Labute approximate surface area is 165 Å². The highest BCUT2D eigenvalue weighted by Crippen LogP contribution is 2.36. The highest BCUT2D eigenvalue weighted by atomic mass is 32.2. The Kier molecular flexibility index (Phi) is 6.26. The van der Waals surface area contributed by atoms with Crippen LogP contribution in [0.2, 0.25) is 0 Å². The van der Waals surface area contributed by atoms with E-state index < -0.39 is 5.25 Å². The molecule has 8 heteroatoms. The molecule has 0 aliphatic carbocycles. The second-order valence-corrected chi connectivity index (χ2v) is 8.81. The molecule has 27 heavy (non-hydrogen) atoms. The van der Waals surface area contributed by atoms with Crippen molar-refractivity contribution in [2.45, 2.75) is 54.2 Å². The molecule has 0 saturated heterocycles. The second kappa shape index (κ2) is 8.48. The van der Waals surface area contributed by atoms with Gasteiger partial charge in [-0.25, -0.2) is 9.37 Å². The minimum absolute atomic E-state index is 0.179. The third kappa shape index (κ3) is 4.21. The molecule has 2 aromatic rings. The smallest absolute Gasteiger partial charge is 0.319 e. The van der Waals surface area contributed by atoms with Crippen molar-refractivity contribution in [1.82, 2.24) is 9.55 Å². The number of esters is 1. The number of thioether (sulfide) groups is 2. The lowest BCUT2D eigenvalue weighted by atomic mass is 10.2. The van der Waals surface area contributed by atoms with Gasteiger partial charge in [-0.2, -0.15) is 0 Å². The fourth-order valence-corrected chi connectivity index (χ4v) is 5.00. The third-order valence-corrected chi connectivity index (χ3v) is 6.64. The second-order valence-electron chi connectivity index (χ2n) is 6.19. The number of benzene rings is 1. The van der Waals surface area contributed by atoms with Crippen molar-refractivity contribution in [3.63, 3.8) is 0 Å². The van der Waals surface area contributed by atoms with Gasteiger partial charge in [-0.1, -0.05) is 25.6 Å². The number of halogens is 1. The summed E-state index contributed by atoms with van der Waals surface area (Å²) >= 11 is 2.72. The zero-order chi connectivity index (χ0) is 19.6. The van der Waals surface area contributed by atoms with Crippen LogP contribution in [0, 0.1) is 5.82 Å². The molecule has 1 aromatic carbocycles. The number of fused-ring (bicyclic) bond motifs is 1. The standard InChI is InChI=1S/C19H21FN2O3S2/c1-4-15(18(24)25-5-2)27-19-21-14-10-11(3)26-16(14)17(23)22(19)13-8-6-12(20)7-9-13/h6-9,11,15H,4-5,10H2,1-3H3/t11-,15-/m1/s1. The van der Waals surface area contributed by atoms with Crippen LogP contribution in [-0.4, -0.2) is 32.6 Å². The molecule has 1 aliphatic heterocycles. The van der Waals surface area contributed by atoms with Gasteiger partial charge in [0.15, 0.2) is 5.16 Å². The summed E-state index contributed by atoms with van der Waals surface area (Å²) in [6, 6.07) is 5.70. The molecule has 0 radical (unpaired) electrons. The minimum Gasteiger partial charge on any atom is -0.465 e. The van der Waals surface area contributed by atoms with Crippen molar-refractivity contribution < 1.29 is 13.9 Å². The Morgan fingerprint density at radius 2 is 2.11 bits per heavy atom. The minimum atomic E-state index is -0.465. The van der Waals surface area contributed by atoms with E-state index in [1.807, 2.05) is 13.8 Å². The number of hydrogen-bond donors (Lipinski definition) is 0. The fourth-order valence-electron chi connectivity index (χ4n) is 2.86. The summed E-state index contributed by atoms with van der Waals surface area (Å²) in [7, 11) is 0. The van der Waals surface area contributed by atoms with Crippen LogP contribution >= 0.6 is 23.5 Å². The van der Waals surface area contributed by atoms with Crippen molar-refractivity contribution in [2.24, 2.45) is 0 Å². The van der Waals surface area contributed by atoms with E-state index in [2.05, 4.69) is 0 Å². The predicted molar refractivity (Wildman–Crippen MR) is 105 cm³/mol. The molecule has 5 nitrogen and oxygen atoms in total. The summed E-state index contributed by atoms with van der Waals surface area (Å²) < 4.78 is 20.0. The average molecular weight is 409 g/mol. The molecule has 0 spiro atoms. The summed E-state index contributed by atoms with van der Waals surface area (Å²) in [6.07, 6.45) is 1.26. The van der Waals surface area contributed by atoms with Crippen LogP contribution in [0.3, 0.4) is 0 Å². The molecule has 0 fully saturated rings. The SMILES string of the molecule is CCOC(=O)[C@@H](CC)Sc1nc2c(c(=O)n1-c1ccc(F)cc1)S[C@H](C)C2. The first-order valence-corrected chi connectivity index (χ1v) is 10.6. The molecule has 0 saturated carbocycles. The van der Waals surface area contributed by atoms with Gasteiger partial charge in [0.1, 0.15) is 11.1 Å². The molecule has 0 amide bonds. The van der Waals surface area contributed by atoms with Crippen LogP contribution in [0.25, 0.3) is 5.69 Å². The van der Waals surface area contributed by atoms with Gasteiger partial charge in [0.2, 0.25) is 0 Å². The molecule has 2 heterocycles. The van der Waals surface area contributed by atoms with Crippen LogP contribution in [-0.2, 0) is 16.0 Å². The summed E-state index contributed by atoms with van der Waals surface area (Å²) in [4.78, 5) is 30.7. The molecule has 0 bridgehead atoms. The van der Waals surface area contributed by atoms with Gasteiger partial charge in [-0.15, -0.1) is 11.8 Å². The summed E-state index contributed by atoms with van der Waals surface area (Å²) in [5, 5.41) is 0.238. The average Bonchev–Trinajstić information content (AvgIpc) is 3.02. The number of aromatic nitrogens is 2. The molecular formula is C19H21FN2O3S2. The van der Waals surface area contributed by atoms with Crippen molar-refractivity contribution in [2.75, 3.05) is 6.61 Å². The number of rotatable bonds is 6. The van der Waals surface area contributed by atoms with E-state index in [9.17, 15) is 14.0 Å². The maximum absolute atomic E-state index is 13.4. The van der Waals surface area contributed by atoms with Crippen LogP contribution in [0.4, 0.5) is 4.39 Å². The lowest BCUT2D eigenvalue weighted by Crippen LogP contribution is -2.26. The van der Waals surface area contributed by atoms with Crippen molar-refractivity contribution in [3.8, 4) is 5.69 Å². The van der Waals surface area contributed by atoms with E-state index in [4.69, 9.17) is 9.72 Å². The van der Waals surface area contributed by atoms with E-state index in [1.165, 1.54) is 40.2 Å². The first-order chi connectivity index (χ1) is 12.9. The predicted octanol–water partition coefficient (Wildman–Crippen LogP) is 3.84. The summed E-state index contributed by atoms with van der Waals surface area (Å²) in [5.74, 6) is -0.704. The molecule has 0 unspecified atom stereocenters. The molecule has 1 aromatic heterocycles. The molecular weight excluding hydrogens is 387 g/mol. The highest BCUT2D eigenvalue weighted by molar-refractivity contribution is 8.00. The van der Waals surface area contributed by atoms with Crippen LogP contribution in [0.5, 0.6) is 0 Å². The first kappa shape index (κ1) is 19.9. The maximum Gasteiger partial charge on any atom is 0.319 e. The van der Waals surface area contributed by atoms with Crippen molar-refractivity contribution >= 4 is 29.5 Å². The van der Waals surface area contributed by atoms with E-state index in [-0.39, 0.29) is 22.6 Å². The number of nitrogens with zero attached hydrogens (tertiary/aromatic N) is 2. The zero-order valence-electron chi connectivity index (χ0n) is 15.4. The van der Waals surface area contributed by atoms with Gasteiger partial charge >= 0.3 is 5.97 Å². The maximum atomic E-state index is 13.4. The molecule has 3 rings (SSSR count). The molecule has 1 aliphatic rings. The number of ether oxygens (including phenoxy) is 1. The third-order valence-electron chi connectivity index (χ3n) is 4.13. The van der Waals surface area contributed by atoms with Gasteiger partial charge in [0.05, 0.1) is 22.9 Å². The van der Waals surface area contributed by atoms with Crippen LogP contribution in [0.1, 0.15) is 32.9 Å². The quantitative estimate of drug-likeness (QED) is 0.411. The van der Waals surface area contributed by atoms with Gasteiger partial charge in [-0.05, 0) is 37.6 Å². The van der Waals surface area contributed by atoms with E-state index >= 15 is 0 Å². The number of hydrogen-bond acceptors (Lipinski definition) is 6. The number of carbonyl (C=O) groups is 1. The Morgan fingerprint density at radius 3 is 2.74 bits per heavy atom.